The van der Waals surface area contributed by atoms with E-state index in [1.165, 1.54) is 6.92 Å². The predicted molar refractivity (Wildman–Crippen MR) is 70.6 cm³/mol. The molecule has 9 heteroatoms. The summed E-state index contributed by atoms with van der Waals surface area (Å²) in [6.45, 7) is 5.03. The molecule has 0 spiro atoms. The van der Waals surface area contributed by atoms with E-state index in [0.717, 1.165) is 0 Å². The van der Waals surface area contributed by atoms with Crippen molar-refractivity contribution in [3.63, 3.8) is 0 Å². The molecule has 1 unspecified atom stereocenters. The molecule has 0 fully saturated rings. The highest BCUT2D eigenvalue weighted by Crippen LogP contribution is 2.29. The van der Waals surface area contributed by atoms with Crippen molar-refractivity contribution in [3.8, 4) is 0 Å². The van der Waals surface area contributed by atoms with Crippen molar-refractivity contribution < 1.29 is 28.2 Å². The topological polar surface area (TPSA) is 83.3 Å². The largest absolute Gasteiger partial charge is 0.478 e. The molecule has 1 aromatic rings. The number of rotatable bonds is 5. The van der Waals surface area contributed by atoms with E-state index >= 15 is 0 Å². The molecule has 1 aromatic heterocycles. The Labute approximate surface area is 123 Å². The van der Waals surface area contributed by atoms with Crippen molar-refractivity contribution in [3.05, 3.63) is 17.1 Å². The van der Waals surface area contributed by atoms with Crippen molar-refractivity contribution in [1.29, 1.82) is 0 Å². The number of hydrogen-bond donors (Lipinski definition) is 2. The number of hydrogen-bond acceptors (Lipinski definition) is 5. The molecular weight excluding hydrogens is 309 g/mol. The van der Waals surface area contributed by atoms with E-state index in [0.29, 0.717) is 17.6 Å². The average molecular weight is 324 g/mol. The van der Waals surface area contributed by atoms with E-state index in [1.54, 1.807) is 13.8 Å². The number of carbonyl (C=O) groups is 1. The molecule has 0 amide bonds. The first-order valence-corrected chi connectivity index (χ1v) is 7.02. The Morgan fingerprint density at radius 2 is 1.90 bits per heavy atom. The fourth-order valence-electron chi connectivity index (χ4n) is 1.43. The summed E-state index contributed by atoms with van der Waals surface area (Å²) < 4.78 is 36.9. The second-order valence-corrected chi connectivity index (χ2v) is 5.68. The maximum Gasteiger partial charge on any atom is 0.415 e. The van der Waals surface area contributed by atoms with Gasteiger partial charge in [-0.05, 0) is 6.92 Å². The molecule has 1 rings (SSSR count). The zero-order valence-electron chi connectivity index (χ0n) is 11.6. The minimum absolute atomic E-state index is 0.0676. The lowest BCUT2D eigenvalue weighted by molar-refractivity contribution is -0.195. The van der Waals surface area contributed by atoms with Crippen LogP contribution in [0.1, 0.15) is 41.6 Å². The second kappa shape index (κ2) is 6.61. The summed E-state index contributed by atoms with van der Waals surface area (Å²) in [5, 5.41) is 18.0. The molecular formula is C12H15F3N2O3S. The molecule has 0 aliphatic rings. The third-order valence-electron chi connectivity index (χ3n) is 2.56. The molecule has 0 saturated carbocycles. The molecule has 1 atom stereocenters. The van der Waals surface area contributed by atoms with Crippen LogP contribution in [0.25, 0.3) is 0 Å². The van der Waals surface area contributed by atoms with Crippen molar-refractivity contribution >= 4 is 17.7 Å². The number of carboxylic acids is 1. The first-order chi connectivity index (χ1) is 9.54. The number of aryl methyl sites for hydroxylation is 1. The summed E-state index contributed by atoms with van der Waals surface area (Å²) in [5.74, 6) is -1.79. The highest BCUT2D eigenvalue weighted by atomic mass is 32.2. The van der Waals surface area contributed by atoms with Crippen molar-refractivity contribution in [2.24, 2.45) is 0 Å². The van der Waals surface area contributed by atoms with Crippen molar-refractivity contribution in [1.82, 2.24) is 9.97 Å². The van der Waals surface area contributed by atoms with Gasteiger partial charge in [0.05, 0.1) is 5.69 Å². The zero-order valence-corrected chi connectivity index (χ0v) is 12.4. The number of aromatic nitrogens is 2. The SMILES string of the molecule is Cc1nc(C(C)C)nc(SCC(O)C(F)(F)F)c1C(=O)O. The first kappa shape index (κ1) is 17.7. The van der Waals surface area contributed by atoms with Crippen LogP contribution in [0.5, 0.6) is 0 Å². The van der Waals surface area contributed by atoms with Gasteiger partial charge in [0.1, 0.15) is 16.4 Å². The fourth-order valence-corrected chi connectivity index (χ4v) is 2.47. The van der Waals surface area contributed by atoms with Crippen molar-refractivity contribution in [2.75, 3.05) is 5.75 Å². The minimum atomic E-state index is -4.75. The Balaban J connectivity index is 3.11. The number of nitrogens with zero attached hydrogens (tertiary/aromatic N) is 2. The summed E-state index contributed by atoms with van der Waals surface area (Å²) in [6, 6.07) is 0. The molecule has 0 bridgehead atoms. The van der Waals surface area contributed by atoms with Crippen LogP contribution in [0.4, 0.5) is 13.2 Å². The van der Waals surface area contributed by atoms with Gasteiger partial charge in [-0.1, -0.05) is 13.8 Å². The molecule has 118 valence electrons. The lowest BCUT2D eigenvalue weighted by atomic mass is 10.2. The average Bonchev–Trinajstić information content (AvgIpc) is 2.33. The maximum atomic E-state index is 12.3. The summed E-state index contributed by atoms with van der Waals surface area (Å²) in [7, 11) is 0. The molecule has 0 radical (unpaired) electrons. The Kier molecular flexibility index (Phi) is 5.57. The summed E-state index contributed by atoms with van der Waals surface area (Å²) >= 11 is 0.554. The molecule has 0 aromatic carbocycles. The lowest BCUT2D eigenvalue weighted by Crippen LogP contribution is -2.30. The van der Waals surface area contributed by atoms with Crippen LogP contribution in [0.15, 0.2) is 5.03 Å². The molecule has 0 aliphatic heterocycles. The smallest absolute Gasteiger partial charge is 0.415 e. The van der Waals surface area contributed by atoms with Gasteiger partial charge >= 0.3 is 12.1 Å². The molecule has 21 heavy (non-hydrogen) atoms. The highest BCUT2D eigenvalue weighted by Gasteiger charge is 2.38. The van der Waals surface area contributed by atoms with Gasteiger partial charge in [0.15, 0.2) is 6.10 Å². The van der Waals surface area contributed by atoms with E-state index in [1.807, 2.05) is 0 Å². The highest BCUT2D eigenvalue weighted by molar-refractivity contribution is 7.99. The summed E-state index contributed by atoms with van der Waals surface area (Å²) in [6.07, 6.45) is -7.29. The van der Waals surface area contributed by atoms with Crippen LogP contribution in [0, 0.1) is 6.92 Å². The third kappa shape index (κ3) is 4.57. The Morgan fingerprint density at radius 3 is 2.33 bits per heavy atom. The van der Waals surface area contributed by atoms with E-state index in [2.05, 4.69) is 9.97 Å². The normalized spacial score (nSPS) is 13.5. The van der Waals surface area contributed by atoms with Crippen LogP contribution in [0.3, 0.4) is 0 Å². The van der Waals surface area contributed by atoms with Gasteiger partial charge in [-0.3, -0.25) is 0 Å². The minimum Gasteiger partial charge on any atom is -0.478 e. The van der Waals surface area contributed by atoms with Crippen LogP contribution >= 0.6 is 11.8 Å². The summed E-state index contributed by atoms with van der Waals surface area (Å²) in [4.78, 5) is 19.2. The molecule has 0 aliphatic carbocycles. The Morgan fingerprint density at radius 1 is 1.33 bits per heavy atom. The van der Waals surface area contributed by atoms with E-state index < -0.39 is 24.0 Å². The van der Waals surface area contributed by atoms with Crippen LogP contribution in [0.2, 0.25) is 0 Å². The molecule has 1 heterocycles. The molecule has 2 N–H and O–H groups in total. The Bertz CT molecular complexity index is 535. The van der Waals surface area contributed by atoms with Crippen LogP contribution in [-0.2, 0) is 0 Å². The van der Waals surface area contributed by atoms with Crippen molar-refractivity contribution in [2.45, 2.75) is 44.0 Å². The monoisotopic (exact) mass is 324 g/mol. The number of halogens is 3. The van der Waals surface area contributed by atoms with Gasteiger partial charge in [0.25, 0.3) is 0 Å². The number of aliphatic hydroxyl groups excluding tert-OH is 1. The van der Waals surface area contributed by atoms with Gasteiger partial charge < -0.3 is 10.2 Å². The quantitative estimate of drug-likeness (QED) is 0.640. The predicted octanol–water partition coefficient (Wildman–Crippen LogP) is 2.62. The standard InChI is InChI=1S/C12H15F3N2O3S/c1-5(2)9-16-6(3)8(11(19)20)10(17-9)21-4-7(18)12(13,14)15/h5,7,18H,4H2,1-3H3,(H,19,20). The number of carboxylic acid groups (broad SMARTS) is 1. The van der Waals surface area contributed by atoms with E-state index in [4.69, 9.17) is 10.2 Å². The molecule has 5 nitrogen and oxygen atoms in total. The number of aromatic carboxylic acids is 1. The maximum absolute atomic E-state index is 12.3. The van der Waals surface area contributed by atoms with E-state index in [-0.39, 0.29) is 22.2 Å². The molecule has 0 saturated heterocycles. The van der Waals surface area contributed by atoms with Gasteiger partial charge in [-0.15, -0.1) is 11.8 Å². The number of aliphatic hydroxyl groups is 1. The lowest BCUT2D eigenvalue weighted by Gasteiger charge is -2.15. The van der Waals surface area contributed by atoms with Gasteiger partial charge in [0, 0.05) is 11.7 Å². The zero-order chi connectivity index (χ0) is 16.4. The number of alkyl halides is 3. The number of thioether (sulfide) groups is 1. The van der Waals surface area contributed by atoms with Gasteiger partial charge in [-0.2, -0.15) is 13.2 Å². The van der Waals surface area contributed by atoms with Gasteiger partial charge in [-0.25, -0.2) is 14.8 Å². The Hall–Kier alpha value is -1.35. The first-order valence-electron chi connectivity index (χ1n) is 6.03. The van der Waals surface area contributed by atoms with Crippen LogP contribution in [-0.4, -0.2) is 44.2 Å². The summed E-state index contributed by atoms with van der Waals surface area (Å²) in [5.41, 5.74) is -0.0519. The fraction of sp³-hybridized carbons (Fsp3) is 0.583. The second-order valence-electron chi connectivity index (χ2n) is 4.68. The van der Waals surface area contributed by atoms with Crippen LogP contribution < -0.4 is 0 Å². The van der Waals surface area contributed by atoms with E-state index in [9.17, 15) is 18.0 Å². The third-order valence-corrected chi connectivity index (χ3v) is 3.61. The van der Waals surface area contributed by atoms with Gasteiger partial charge in [0.2, 0.25) is 0 Å².